The molecule has 4 aliphatic carbocycles. The number of ketones is 1. The van der Waals surface area contributed by atoms with E-state index in [1.54, 1.807) is 12.1 Å². The van der Waals surface area contributed by atoms with E-state index in [1.165, 1.54) is 45.6 Å². The fourth-order valence-electron chi connectivity index (χ4n) is 6.74. The smallest absolute Gasteiger partial charge is 0.339 e. The van der Waals surface area contributed by atoms with Crippen molar-refractivity contribution in [3.8, 4) is 0 Å². The van der Waals surface area contributed by atoms with E-state index in [-0.39, 0.29) is 17.8 Å². The minimum Gasteiger partial charge on any atom is -0.465 e. The number of hydrogen-bond donors (Lipinski definition) is 1. The average Bonchev–Trinajstić information content (AvgIpc) is 2.88. The Labute approximate surface area is 148 Å². The molecule has 1 heterocycles. The van der Waals surface area contributed by atoms with E-state index in [4.69, 9.17) is 4.74 Å². The van der Waals surface area contributed by atoms with Gasteiger partial charge in [0.2, 0.25) is 0 Å². The lowest BCUT2D eigenvalue weighted by Crippen LogP contribution is -2.48. The van der Waals surface area contributed by atoms with Crippen LogP contribution in [0.15, 0.2) is 18.2 Å². The summed E-state index contributed by atoms with van der Waals surface area (Å²) in [5, 5.41) is 3.39. The van der Waals surface area contributed by atoms with Gasteiger partial charge in [-0.1, -0.05) is 6.07 Å². The fraction of sp³-hybridized carbons (Fsp3) is 0.619. The molecule has 4 bridgehead atoms. The van der Waals surface area contributed by atoms with Gasteiger partial charge in [0, 0.05) is 5.56 Å². The summed E-state index contributed by atoms with van der Waals surface area (Å²) in [6.45, 7) is 0. The summed E-state index contributed by atoms with van der Waals surface area (Å²) < 4.78 is 4.88. The van der Waals surface area contributed by atoms with Gasteiger partial charge in [0.1, 0.15) is 0 Å². The summed E-state index contributed by atoms with van der Waals surface area (Å²) in [6, 6.07) is 5.16. The predicted octanol–water partition coefficient (Wildman–Crippen LogP) is 4.06. The molecule has 4 fully saturated rings. The Hall–Kier alpha value is -1.84. The highest BCUT2D eigenvalue weighted by molar-refractivity contribution is 6.14. The number of carbonyl (C=O) groups is 2. The number of carbonyl (C=O) groups excluding carboxylic acids is 2. The maximum atomic E-state index is 13.0. The van der Waals surface area contributed by atoms with Gasteiger partial charge >= 0.3 is 5.97 Å². The fourth-order valence-corrected chi connectivity index (χ4v) is 6.74. The molecule has 1 aliphatic heterocycles. The lowest BCUT2D eigenvalue weighted by molar-refractivity contribution is -0.0581. The first-order valence-electron chi connectivity index (χ1n) is 9.59. The van der Waals surface area contributed by atoms with E-state index in [1.807, 2.05) is 6.07 Å². The maximum absolute atomic E-state index is 13.0. The third kappa shape index (κ3) is 2.33. The molecule has 1 aromatic carbocycles. The lowest BCUT2D eigenvalue weighted by Gasteiger charge is -2.57. The quantitative estimate of drug-likeness (QED) is 0.844. The average molecular weight is 339 g/mol. The van der Waals surface area contributed by atoms with E-state index >= 15 is 0 Å². The van der Waals surface area contributed by atoms with E-state index in [0.717, 1.165) is 24.2 Å². The molecule has 1 aromatic rings. The van der Waals surface area contributed by atoms with Crippen LogP contribution in [-0.4, -0.2) is 24.9 Å². The van der Waals surface area contributed by atoms with Gasteiger partial charge in [0.25, 0.3) is 0 Å². The van der Waals surface area contributed by atoms with Crippen LogP contribution in [0.4, 0.5) is 5.69 Å². The van der Waals surface area contributed by atoms with Crippen molar-refractivity contribution in [3.05, 3.63) is 29.3 Å². The van der Waals surface area contributed by atoms with E-state index in [2.05, 4.69) is 5.32 Å². The molecule has 4 nitrogen and oxygen atoms in total. The van der Waals surface area contributed by atoms with Crippen LogP contribution < -0.4 is 5.32 Å². The summed E-state index contributed by atoms with van der Waals surface area (Å²) in [4.78, 5) is 25.0. The highest BCUT2D eigenvalue weighted by Gasteiger charge is 2.52. The van der Waals surface area contributed by atoms with E-state index < -0.39 is 0 Å². The van der Waals surface area contributed by atoms with Gasteiger partial charge in [-0.15, -0.1) is 0 Å². The maximum Gasteiger partial charge on any atom is 0.339 e. The van der Waals surface area contributed by atoms with Crippen molar-refractivity contribution >= 4 is 17.4 Å². The molecule has 25 heavy (non-hydrogen) atoms. The number of hydrogen-bond acceptors (Lipinski definition) is 4. The Bertz CT molecular complexity index is 718. The SMILES string of the molecule is COC(=O)c1cccc2c1NC(CC13CC4CC(CC(C4)C1)C3)C2=O. The molecule has 4 saturated carbocycles. The highest BCUT2D eigenvalue weighted by Crippen LogP contribution is 2.62. The second kappa shape index (κ2) is 5.33. The van der Waals surface area contributed by atoms with Gasteiger partial charge in [-0.25, -0.2) is 4.79 Å². The first kappa shape index (κ1) is 15.4. The molecule has 0 amide bonds. The largest absolute Gasteiger partial charge is 0.465 e. The van der Waals surface area contributed by atoms with Gasteiger partial charge < -0.3 is 10.1 Å². The molecule has 0 aromatic heterocycles. The van der Waals surface area contributed by atoms with Crippen molar-refractivity contribution in [2.75, 3.05) is 12.4 Å². The van der Waals surface area contributed by atoms with E-state index in [9.17, 15) is 9.59 Å². The molecule has 1 atom stereocenters. The Kier molecular flexibility index (Phi) is 3.28. The molecule has 1 unspecified atom stereocenters. The zero-order chi connectivity index (χ0) is 17.2. The second-order valence-electron chi connectivity index (χ2n) is 8.90. The van der Waals surface area contributed by atoms with Crippen molar-refractivity contribution in [1.82, 2.24) is 0 Å². The summed E-state index contributed by atoms with van der Waals surface area (Å²) in [5.41, 5.74) is 2.14. The van der Waals surface area contributed by atoms with Crippen molar-refractivity contribution < 1.29 is 14.3 Å². The number of rotatable bonds is 3. The Morgan fingerprint density at radius 2 is 1.80 bits per heavy atom. The number of methoxy groups -OCH3 is 1. The molecule has 4 heteroatoms. The number of para-hydroxylation sites is 1. The molecule has 1 N–H and O–H groups in total. The predicted molar refractivity (Wildman–Crippen MR) is 94.7 cm³/mol. The van der Waals surface area contributed by atoms with Crippen LogP contribution in [-0.2, 0) is 4.74 Å². The number of Topliss-reactive ketones (excluding diaryl/α,β-unsaturated/α-hetero) is 1. The normalized spacial score (nSPS) is 37.7. The topological polar surface area (TPSA) is 55.4 Å². The summed E-state index contributed by atoms with van der Waals surface area (Å²) in [5.74, 6) is 2.42. The van der Waals surface area contributed by atoms with Crippen molar-refractivity contribution in [1.29, 1.82) is 0 Å². The Morgan fingerprint density at radius 3 is 2.40 bits per heavy atom. The van der Waals surface area contributed by atoms with Crippen molar-refractivity contribution in [3.63, 3.8) is 0 Å². The number of nitrogens with one attached hydrogen (secondary N) is 1. The summed E-state index contributed by atoms with van der Waals surface area (Å²) >= 11 is 0. The standard InChI is InChI=1S/C21H25NO3/c1-25-20(24)16-4-2-3-15-18(16)22-17(19(15)23)11-21-8-12-5-13(9-21)7-14(6-12)10-21/h2-4,12-14,17,22H,5-11H2,1H3. The molecule has 0 radical (unpaired) electrons. The van der Waals surface area contributed by atoms with Crippen LogP contribution in [0.1, 0.15) is 65.7 Å². The lowest BCUT2D eigenvalue weighted by atomic mass is 9.48. The first-order valence-corrected chi connectivity index (χ1v) is 9.59. The zero-order valence-electron chi connectivity index (χ0n) is 14.7. The molecular weight excluding hydrogens is 314 g/mol. The highest BCUT2D eigenvalue weighted by atomic mass is 16.5. The number of esters is 1. The minimum atomic E-state index is -0.382. The minimum absolute atomic E-state index is 0.150. The zero-order valence-corrected chi connectivity index (χ0v) is 14.7. The molecule has 5 aliphatic rings. The molecule has 0 spiro atoms. The number of benzene rings is 1. The first-order chi connectivity index (χ1) is 12.1. The monoisotopic (exact) mass is 339 g/mol. The summed E-state index contributed by atoms with van der Waals surface area (Å²) in [6.07, 6.45) is 9.05. The van der Waals surface area contributed by atoms with Gasteiger partial charge in [0.15, 0.2) is 5.78 Å². The van der Waals surface area contributed by atoms with E-state index in [0.29, 0.717) is 22.2 Å². The Balaban J connectivity index is 1.41. The summed E-state index contributed by atoms with van der Waals surface area (Å²) in [7, 11) is 1.38. The third-order valence-electron chi connectivity index (χ3n) is 7.17. The van der Waals surface area contributed by atoms with Crippen LogP contribution in [0.5, 0.6) is 0 Å². The molecule has 132 valence electrons. The van der Waals surface area contributed by atoms with Crippen molar-refractivity contribution in [2.24, 2.45) is 23.2 Å². The molecule has 6 rings (SSSR count). The number of ether oxygens (including phenoxy) is 1. The third-order valence-corrected chi connectivity index (χ3v) is 7.17. The van der Waals surface area contributed by atoms with Gasteiger partial charge in [-0.05, 0) is 80.2 Å². The number of anilines is 1. The van der Waals surface area contributed by atoms with Crippen LogP contribution >= 0.6 is 0 Å². The Morgan fingerprint density at radius 1 is 1.16 bits per heavy atom. The van der Waals surface area contributed by atoms with Crippen molar-refractivity contribution in [2.45, 2.75) is 51.0 Å². The van der Waals surface area contributed by atoms with Crippen LogP contribution in [0, 0.1) is 23.2 Å². The van der Waals surface area contributed by atoms with Gasteiger partial charge in [0.05, 0.1) is 24.4 Å². The van der Waals surface area contributed by atoms with Gasteiger partial charge in [-0.3, -0.25) is 4.79 Å². The van der Waals surface area contributed by atoms with Crippen LogP contribution in [0.25, 0.3) is 0 Å². The number of fused-ring (bicyclic) bond motifs is 1. The molecular formula is C21H25NO3. The van der Waals surface area contributed by atoms with Gasteiger partial charge in [-0.2, -0.15) is 0 Å². The second-order valence-corrected chi connectivity index (χ2v) is 8.90. The van der Waals surface area contributed by atoms with Crippen LogP contribution in [0.3, 0.4) is 0 Å². The van der Waals surface area contributed by atoms with Crippen LogP contribution in [0.2, 0.25) is 0 Å². The molecule has 0 saturated heterocycles.